The molecule has 0 aliphatic heterocycles. The van der Waals surface area contributed by atoms with Crippen molar-refractivity contribution in [1.82, 2.24) is 9.38 Å². The van der Waals surface area contributed by atoms with E-state index in [4.69, 9.17) is 0 Å². The van der Waals surface area contributed by atoms with Crippen LogP contribution in [0.3, 0.4) is 0 Å². The number of nitrogens with zero attached hydrogens (tertiary/aromatic N) is 1. The van der Waals surface area contributed by atoms with Crippen molar-refractivity contribution in [2.45, 2.75) is 0 Å². The molecule has 0 unspecified atom stereocenters. The molecule has 0 radical (unpaired) electrons. The topological polar surface area (TPSA) is 20.2 Å². The monoisotopic (exact) mass is 740 g/mol. The normalized spacial score (nSPS) is 12.2. The molecule has 13 rings (SSSR count). The van der Waals surface area contributed by atoms with Crippen LogP contribution in [0.4, 0.5) is 0 Å². The fourth-order valence-corrected chi connectivity index (χ4v) is 10.9. The van der Waals surface area contributed by atoms with Crippen molar-refractivity contribution in [3.63, 3.8) is 0 Å². The molecule has 0 bridgehead atoms. The third-order valence-corrected chi connectivity index (χ3v) is 13.4. The van der Waals surface area contributed by atoms with Crippen LogP contribution in [-0.2, 0) is 0 Å². The lowest BCUT2D eigenvalue weighted by Crippen LogP contribution is -1.87. The minimum absolute atomic E-state index is 1.17. The van der Waals surface area contributed by atoms with Gasteiger partial charge in [0.05, 0.1) is 22.1 Å². The number of thiophene rings is 1. The molecule has 9 aromatic carbocycles. The Kier molecular flexibility index (Phi) is 6.35. The number of hydrogen-bond acceptors (Lipinski definition) is 1. The highest BCUT2D eigenvalue weighted by Gasteiger charge is 2.22. The second-order valence-corrected chi connectivity index (χ2v) is 16.4. The zero-order valence-corrected chi connectivity index (χ0v) is 31.6. The lowest BCUT2D eigenvalue weighted by molar-refractivity contribution is 1.37. The Labute approximate surface area is 331 Å². The first kappa shape index (κ1) is 31.1. The van der Waals surface area contributed by atoms with Crippen molar-refractivity contribution < 1.29 is 0 Å². The highest BCUT2D eigenvalue weighted by atomic mass is 32.1. The molecule has 0 saturated carbocycles. The van der Waals surface area contributed by atoms with Crippen molar-refractivity contribution in [3.05, 3.63) is 188 Å². The largest absolute Gasteiger partial charge is 0.354 e. The van der Waals surface area contributed by atoms with Crippen LogP contribution < -0.4 is 0 Å². The quantitative estimate of drug-likeness (QED) is 0.185. The second kappa shape index (κ2) is 11.7. The van der Waals surface area contributed by atoms with Crippen molar-refractivity contribution >= 4 is 91.4 Å². The Hall–Kier alpha value is -7.20. The smallest absolute Gasteiger partial charge is 0.0620 e. The molecule has 0 aliphatic rings. The van der Waals surface area contributed by atoms with E-state index in [1.54, 1.807) is 0 Å². The minimum atomic E-state index is 1.17. The van der Waals surface area contributed by atoms with Crippen LogP contribution in [0.25, 0.3) is 125 Å². The fourth-order valence-electron chi connectivity index (χ4n) is 9.63. The average molecular weight is 741 g/mol. The maximum absolute atomic E-state index is 3.99. The van der Waals surface area contributed by atoms with Crippen LogP contribution in [0, 0.1) is 0 Å². The van der Waals surface area contributed by atoms with E-state index in [1.807, 2.05) is 11.3 Å². The van der Waals surface area contributed by atoms with E-state index in [0.717, 1.165) is 0 Å². The van der Waals surface area contributed by atoms with Gasteiger partial charge in [0.2, 0.25) is 0 Å². The van der Waals surface area contributed by atoms with Gasteiger partial charge in [-0.25, -0.2) is 0 Å². The molecule has 3 heteroatoms. The number of aromatic amines is 1. The van der Waals surface area contributed by atoms with Crippen LogP contribution in [0.2, 0.25) is 0 Å². The first-order valence-electron chi connectivity index (χ1n) is 19.6. The van der Waals surface area contributed by atoms with Gasteiger partial charge in [0.25, 0.3) is 0 Å². The third-order valence-electron chi connectivity index (χ3n) is 12.2. The second-order valence-electron chi connectivity index (χ2n) is 15.4. The molecule has 0 aliphatic carbocycles. The molecular weight excluding hydrogens is 709 g/mol. The summed E-state index contributed by atoms with van der Waals surface area (Å²) in [6.45, 7) is 0. The van der Waals surface area contributed by atoms with Crippen molar-refractivity contribution in [2.75, 3.05) is 0 Å². The summed E-state index contributed by atoms with van der Waals surface area (Å²) in [6.07, 6.45) is 0. The van der Waals surface area contributed by atoms with Gasteiger partial charge in [0.15, 0.2) is 0 Å². The SMILES string of the molecule is c1ccc(-c2cc(-c3ccccc3)cc(-c3ccc(-c4c5[nH]c6cc7c8cccc9c%10ccccc%10n(c7cc6c5cc5c4sc4ccccc45)c98)cc3)c2)cc1. The van der Waals surface area contributed by atoms with Gasteiger partial charge in [-0.05, 0) is 87.5 Å². The summed E-state index contributed by atoms with van der Waals surface area (Å²) in [5.41, 5.74) is 15.9. The van der Waals surface area contributed by atoms with Gasteiger partial charge in [-0.2, -0.15) is 0 Å². The van der Waals surface area contributed by atoms with Crippen LogP contribution >= 0.6 is 11.3 Å². The summed E-state index contributed by atoms with van der Waals surface area (Å²) in [4.78, 5) is 3.99. The summed E-state index contributed by atoms with van der Waals surface area (Å²) in [5.74, 6) is 0. The van der Waals surface area contributed by atoms with Crippen LogP contribution in [-0.4, -0.2) is 9.38 Å². The highest BCUT2D eigenvalue weighted by molar-refractivity contribution is 7.26. The van der Waals surface area contributed by atoms with Crippen LogP contribution in [0.5, 0.6) is 0 Å². The number of H-pyrrole nitrogens is 1. The number of aromatic nitrogens is 2. The number of fused-ring (bicyclic) bond motifs is 12. The summed E-state index contributed by atoms with van der Waals surface area (Å²) in [5, 5.41) is 10.3. The van der Waals surface area contributed by atoms with Crippen LogP contribution in [0.15, 0.2) is 188 Å². The Balaban J connectivity index is 1.05. The molecule has 13 aromatic rings. The van der Waals surface area contributed by atoms with Gasteiger partial charge in [-0.1, -0.05) is 140 Å². The number of nitrogens with one attached hydrogen (secondary N) is 1. The standard InChI is InChI=1S/C54H32N2S/c1-3-12-32(13-4-1)36-26-37(33-14-5-2-6-15-33)28-38(27-36)34-22-24-35(25-23-34)51-52-45(29-46-40-17-8-10-21-50(40)57-54(46)51)43-31-49-44(30-47(43)55-52)42-19-11-18-41-39-16-7-9-20-48(39)56(49)53(41)42/h1-31,55H. The molecule has 0 saturated heterocycles. The first-order valence-corrected chi connectivity index (χ1v) is 20.4. The zero-order chi connectivity index (χ0) is 37.2. The van der Waals surface area contributed by atoms with E-state index < -0.39 is 0 Å². The van der Waals surface area contributed by atoms with E-state index in [2.05, 4.69) is 197 Å². The highest BCUT2D eigenvalue weighted by Crippen LogP contribution is 2.48. The Morgan fingerprint density at radius 3 is 1.65 bits per heavy atom. The number of benzene rings is 9. The molecule has 0 spiro atoms. The Morgan fingerprint density at radius 1 is 0.351 bits per heavy atom. The number of hydrogen-bond donors (Lipinski definition) is 1. The van der Waals surface area contributed by atoms with E-state index in [-0.39, 0.29) is 0 Å². The van der Waals surface area contributed by atoms with Crippen molar-refractivity contribution in [2.24, 2.45) is 0 Å². The maximum atomic E-state index is 3.99. The molecule has 0 amide bonds. The molecule has 4 aromatic heterocycles. The molecule has 0 fully saturated rings. The minimum Gasteiger partial charge on any atom is -0.354 e. The van der Waals surface area contributed by atoms with E-state index in [1.165, 1.54) is 125 Å². The summed E-state index contributed by atoms with van der Waals surface area (Å²) >= 11 is 1.90. The molecular formula is C54H32N2S. The van der Waals surface area contributed by atoms with Gasteiger partial charge < -0.3 is 9.38 Å². The summed E-state index contributed by atoms with van der Waals surface area (Å²) in [7, 11) is 0. The molecule has 0 atom stereocenters. The molecule has 264 valence electrons. The maximum Gasteiger partial charge on any atom is 0.0620 e. The van der Waals surface area contributed by atoms with Crippen molar-refractivity contribution in [3.8, 4) is 44.5 Å². The van der Waals surface area contributed by atoms with Gasteiger partial charge in [-0.3, -0.25) is 0 Å². The van der Waals surface area contributed by atoms with Crippen molar-refractivity contribution in [1.29, 1.82) is 0 Å². The lowest BCUT2D eigenvalue weighted by atomic mass is 9.92. The summed E-state index contributed by atoms with van der Waals surface area (Å²) < 4.78 is 5.12. The van der Waals surface area contributed by atoms with Gasteiger partial charge in [0.1, 0.15) is 0 Å². The predicted octanol–water partition coefficient (Wildman–Crippen LogP) is 15.5. The van der Waals surface area contributed by atoms with E-state index in [0.29, 0.717) is 0 Å². The fraction of sp³-hybridized carbons (Fsp3) is 0. The Bertz CT molecular complexity index is 3660. The Morgan fingerprint density at radius 2 is 0.930 bits per heavy atom. The third kappa shape index (κ3) is 4.46. The van der Waals surface area contributed by atoms with Gasteiger partial charge >= 0.3 is 0 Å². The first-order chi connectivity index (χ1) is 28.2. The molecule has 1 N–H and O–H groups in total. The molecule has 57 heavy (non-hydrogen) atoms. The lowest BCUT2D eigenvalue weighted by Gasteiger charge is -2.12. The molecule has 2 nitrogen and oxygen atoms in total. The number of para-hydroxylation sites is 2. The van der Waals surface area contributed by atoms with Crippen LogP contribution in [0.1, 0.15) is 0 Å². The van der Waals surface area contributed by atoms with E-state index >= 15 is 0 Å². The predicted molar refractivity (Wildman–Crippen MR) is 245 cm³/mol. The average Bonchev–Trinajstić information content (AvgIpc) is 4.02. The van der Waals surface area contributed by atoms with E-state index in [9.17, 15) is 0 Å². The van der Waals surface area contributed by atoms with Gasteiger partial charge in [-0.15, -0.1) is 11.3 Å². The molecule has 4 heterocycles. The zero-order valence-electron chi connectivity index (χ0n) is 30.8. The summed E-state index contributed by atoms with van der Waals surface area (Å²) in [6, 6.07) is 69.4. The number of rotatable bonds is 4. The van der Waals surface area contributed by atoms with Gasteiger partial charge in [0, 0.05) is 63.6 Å².